The van der Waals surface area contributed by atoms with E-state index in [4.69, 9.17) is 0 Å². The van der Waals surface area contributed by atoms with Gasteiger partial charge in [-0.2, -0.15) is 4.31 Å². The van der Waals surface area contributed by atoms with Gasteiger partial charge in [0.05, 0.1) is 6.10 Å². The van der Waals surface area contributed by atoms with Crippen molar-refractivity contribution in [2.75, 3.05) is 25.0 Å². The Bertz CT molecular complexity index is 557. The number of aliphatic hydroxyl groups excluding tert-OH is 1. The first-order chi connectivity index (χ1) is 9.95. The van der Waals surface area contributed by atoms with E-state index in [9.17, 15) is 13.5 Å². The minimum Gasteiger partial charge on any atom is -0.393 e. The Morgan fingerprint density at radius 3 is 2.81 bits per heavy atom. The Labute approximate surface area is 126 Å². The maximum Gasteiger partial charge on any atom is 0.244 e. The zero-order chi connectivity index (χ0) is 15.5. The highest BCUT2D eigenvalue weighted by Gasteiger charge is 2.34. The molecule has 1 saturated heterocycles. The van der Waals surface area contributed by atoms with Crippen molar-refractivity contribution in [1.29, 1.82) is 0 Å². The normalized spacial score (nSPS) is 21.4. The van der Waals surface area contributed by atoms with E-state index in [0.29, 0.717) is 25.3 Å². The van der Waals surface area contributed by atoms with E-state index in [-0.39, 0.29) is 10.8 Å². The molecular formula is C14H23N3O3S. The number of nitrogens with one attached hydrogen (secondary N) is 1. The summed E-state index contributed by atoms with van der Waals surface area (Å²) in [6.07, 6.45) is 2.59. The van der Waals surface area contributed by atoms with Crippen molar-refractivity contribution in [2.24, 2.45) is 5.92 Å². The van der Waals surface area contributed by atoms with Crippen molar-refractivity contribution in [3.05, 3.63) is 18.3 Å². The van der Waals surface area contributed by atoms with Gasteiger partial charge in [-0.1, -0.05) is 6.92 Å². The third kappa shape index (κ3) is 3.72. The number of aliphatic hydroxyl groups is 1. The summed E-state index contributed by atoms with van der Waals surface area (Å²) in [5.41, 5.74) is 0. The summed E-state index contributed by atoms with van der Waals surface area (Å²) in [5, 5.41) is 12.7. The van der Waals surface area contributed by atoms with Crippen LogP contribution in [-0.4, -0.2) is 48.6 Å². The number of rotatable bonds is 6. The van der Waals surface area contributed by atoms with E-state index in [1.165, 1.54) is 10.5 Å². The van der Waals surface area contributed by atoms with Gasteiger partial charge in [0, 0.05) is 25.8 Å². The van der Waals surface area contributed by atoms with Crippen molar-refractivity contribution in [3.8, 4) is 0 Å². The zero-order valence-electron chi connectivity index (χ0n) is 12.5. The molecule has 21 heavy (non-hydrogen) atoms. The number of hydrogen-bond acceptors (Lipinski definition) is 5. The molecule has 7 heteroatoms. The number of aromatic nitrogens is 1. The van der Waals surface area contributed by atoms with Crippen LogP contribution in [-0.2, 0) is 10.0 Å². The standard InChI is InChI=1S/C14H23N3O3S/c1-3-7-15-14-5-4-13(9-16-14)21(19,20)17-8-6-12(10-17)11(2)18/h4-5,9,11-12,18H,3,6-8,10H2,1-2H3,(H,15,16). The average molecular weight is 313 g/mol. The van der Waals surface area contributed by atoms with E-state index in [0.717, 1.165) is 13.0 Å². The molecule has 0 bridgehead atoms. The molecule has 0 spiro atoms. The average Bonchev–Trinajstić information content (AvgIpc) is 2.96. The largest absolute Gasteiger partial charge is 0.393 e. The van der Waals surface area contributed by atoms with Crippen LogP contribution in [0.2, 0.25) is 0 Å². The SMILES string of the molecule is CCCNc1ccc(S(=O)(=O)N2CCC(C(C)O)C2)cn1. The number of sulfonamides is 1. The van der Waals surface area contributed by atoms with Gasteiger partial charge in [-0.15, -0.1) is 0 Å². The van der Waals surface area contributed by atoms with E-state index >= 15 is 0 Å². The van der Waals surface area contributed by atoms with Crippen molar-refractivity contribution in [2.45, 2.75) is 37.7 Å². The molecule has 2 atom stereocenters. The fraction of sp³-hybridized carbons (Fsp3) is 0.643. The third-order valence-electron chi connectivity index (χ3n) is 3.80. The van der Waals surface area contributed by atoms with Crippen molar-refractivity contribution < 1.29 is 13.5 Å². The molecule has 0 radical (unpaired) electrons. The first-order valence-corrected chi connectivity index (χ1v) is 8.77. The van der Waals surface area contributed by atoms with Crippen molar-refractivity contribution in [3.63, 3.8) is 0 Å². The van der Waals surface area contributed by atoms with Crippen LogP contribution < -0.4 is 5.32 Å². The highest BCUT2D eigenvalue weighted by molar-refractivity contribution is 7.89. The molecule has 0 aromatic carbocycles. The monoisotopic (exact) mass is 313 g/mol. The van der Waals surface area contributed by atoms with Crippen LogP contribution in [0, 0.1) is 5.92 Å². The van der Waals surface area contributed by atoms with Gasteiger partial charge in [-0.05, 0) is 37.8 Å². The Morgan fingerprint density at radius 1 is 1.52 bits per heavy atom. The van der Waals surface area contributed by atoms with Crippen molar-refractivity contribution in [1.82, 2.24) is 9.29 Å². The van der Waals surface area contributed by atoms with Crippen LogP contribution in [0.1, 0.15) is 26.7 Å². The molecule has 118 valence electrons. The maximum absolute atomic E-state index is 12.5. The van der Waals surface area contributed by atoms with Gasteiger partial charge in [0.2, 0.25) is 10.0 Å². The molecule has 1 fully saturated rings. The number of anilines is 1. The van der Waals surface area contributed by atoms with E-state index in [1.807, 2.05) is 0 Å². The number of pyridine rings is 1. The molecule has 1 aliphatic rings. The third-order valence-corrected chi connectivity index (χ3v) is 5.65. The summed E-state index contributed by atoms with van der Waals surface area (Å²) >= 11 is 0. The van der Waals surface area contributed by atoms with Gasteiger partial charge in [0.15, 0.2) is 0 Å². The fourth-order valence-corrected chi connectivity index (χ4v) is 3.86. The van der Waals surface area contributed by atoms with E-state index in [1.54, 1.807) is 19.1 Å². The lowest BCUT2D eigenvalue weighted by Gasteiger charge is -2.17. The van der Waals surface area contributed by atoms with Crippen LogP contribution in [0.5, 0.6) is 0 Å². The lowest BCUT2D eigenvalue weighted by atomic mass is 10.0. The van der Waals surface area contributed by atoms with Crippen molar-refractivity contribution >= 4 is 15.8 Å². The molecule has 6 nitrogen and oxygen atoms in total. The van der Waals surface area contributed by atoms with E-state index in [2.05, 4.69) is 17.2 Å². The van der Waals surface area contributed by atoms with Crippen LogP contribution in [0.25, 0.3) is 0 Å². The second kappa shape index (κ2) is 6.72. The predicted molar refractivity (Wildman–Crippen MR) is 81.6 cm³/mol. The second-order valence-electron chi connectivity index (χ2n) is 5.46. The Hall–Kier alpha value is -1.18. The Morgan fingerprint density at radius 2 is 2.29 bits per heavy atom. The lowest BCUT2D eigenvalue weighted by molar-refractivity contribution is 0.133. The summed E-state index contributed by atoms with van der Waals surface area (Å²) in [4.78, 5) is 4.35. The second-order valence-corrected chi connectivity index (χ2v) is 7.40. The highest BCUT2D eigenvalue weighted by Crippen LogP contribution is 2.26. The van der Waals surface area contributed by atoms with Gasteiger partial charge in [0.25, 0.3) is 0 Å². The van der Waals surface area contributed by atoms with Crippen LogP contribution >= 0.6 is 0 Å². The fourth-order valence-electron chi connectivity index (χ4n) is 2.41. The summed E-state index contributed by atoms with van der Waals surface area (Å²) < 4.78 is 26.5. The lowest BCUT2D eigenvalue weighted by Crippen LogP contribution is -2.30. The number of hydrogen-bond donors (Lipinski definition) is 2. The van der Waals surface area contributed by atoms with Crippen LogP contribution in [0.15, 0.2) is 23.2 Å². The minimum atomic E-state index is -3.51. The molecule has 2 N–H and O–H groups in total. The predicted octanol–water partition coefficient (Wildman–Crippen LogP) is 1.29. The molecular weight excluding hydrogens is 290 g/mol. The molecule has 1 aliphatic heterocycles. The maximum atomic E-state index is 12.5. The van der Waals surface area contributed by atoms with Gasteiger partial charge < -0.3 is 10.4 Å². The summed E-state index contributed by atoms with van der Waals surface area (Å²) in [5.74, 6) is 0.692. The van der Waals surface area contributed by atoms with E-state index < -0.39 is 16.1 Å². The van der Waals surface area contributed by atoms with Gasteiger partial charge in [-0.3, -0.25) is 0 Å². The molecule has 0 saturated carbocycles. The van der Waals surface area contributed by atoms with Gasteiger partial charge >= 0.3 is 0 Å². The summed E-state index contributed by atoms with van der Waals surface area (Å²) in [6, 6.07) is 3.26. The van der Waals surface area contributed by atoms with Crippen LogP contribution in [0.4, 0.5) is 5.82 Å². The summed E-state index contributed by atoms with van der Waals surface area (Å²) in [7, 11) is -3.51. The molecule has 1 aromatic rings. The molecule has 2 heterocycles. The number of nitrogens with zero attached hydrogens (tertiary/aromatic N) is 2. The highest BCUT2D eigenvalue weighted by atomic mass is 32.2. The van der Waals surface area contributed by atoms with Gasteiger partial charge in [0.1, 0.15) is 10.7 Å². The first kappa shape index (κ1) is 16.2. The Kier molecular flexibility index (Phi) is 5.18. The minimum absolute atomic E-state index is 0.0122. The van der Waals surface area contributed by atoms with Gasteiger partial charge in [-0.25, -0.2) is 13.4 Å². The Balaban J connectivity index is 2.09. The quantitative estimate of drug-likeness (QED) is 0.827. The molecule has 0 amide bonds. The molecule has 2 unspecified atom stereocenters. The van der Waals surface area contributed by atoms with Crippen LogP contribution in [0.3, 0.4) is 0 Å². The molecule has 1 aromatic heterocycles. The smallest absolute Gasteiger partial charge is 0.244 e. The molecule has 2 rings (SSSR count). The first-order valence-electron chi connectivity index (χ1n) is 7.33. The summed E-state index contributed by atoms with van der Waals surface area (Å²) in [6.45, 7) is 5.39. The zero-order valence-corrected chi connectivity index (χ0v) is 13.3. The molecule has 0 aliphatic carbocycles. The topological polar surface area (TPSA) is 82.5 Å².